The summed E-state index contributed by atoms with van der Waals surface area (Å²) >= 11 is 1.59. The summed E-state index contributed by atoms with van der Waals surface area (Å²) in [6.07, 6.45) is 11.2. The molecule has 0 unspecified atom stereocenters. The maximum atomic E-state index is 13.3. The summed E-state index contributed by atoms with van der Waals surface area (Å²) in [6.45, 7) is 0. The van der Waals surface area contributed by atoms with Crippen LogP contribution in [0.1, 0.15) is 83.6 Å². The number of benzene rings is 1. The summed E-state index contributed by atoms with van der Waals surface area (Å²) in [6, 6.07) is 10.6. The second-order valence-corrected chi connectivity index (χ2v) is 12.3. The van der Waals surface area contributed by atoms with Gasteiger partial charge in [-0.3, -0.25) is 4.79 Å². The molecule has 5 heteroatoms. The molecule has 1 aromatic heterocycles. The Morgan fingerprint density at radius 3 is 2.36 bits per heavy atom. The van der Waals surface area contributed by atoms with Crippen molar-refractivity contribution < 1.29 is 14.3 Å². The minimum atomic E-state index is -0.323. The van der Waals surface area contributed by atoms with E-state index in [9.17, 15) is 9.59 Å². The smallest absolute Gasteiger partial charge is 0.341 e. The molecule has 4 saturated carbocycles. The third-order valence-corrected chi connectivity index (χ3v) is 10.0. The fourth-order valence-electron chi connectivity index (χ4n) is 8.02. The number of methoxy groups -OCH3 is 1. The molecule has 5 aliphatic carbocycles. The van der Waals surface area contributed by atoms with Crippen molar-refractivity contribution in [2.24, 2.45) is 23.2 Å². The van der Waals surface area contributed by atoms with Crippen LogP contribution in [0.15, 0.2) is 30.3 Å². The Labute approximate surface area is 200 Å². The molecule has 33 heavy (non-hydrogen) atoms. The average Bonchev–Trinajstić information content (AvgIpc) is 3.14. The van der Waals surface area contributed by atoms with E-state index in [1.165, 1.54) is 56.1 Å². The summed E-state index contributed by atoms with van der Waals surface area (Å²) in [5.41, 5.74) is 3.23. The van der Waals surface area contributed by atoms with E-state index in [2.05, 4.69) is 35.6 Å². The highest BCUT2D eigenvalue weighted by atomic mass is 32.1. The second kappa shape index (κ2) is 8.26. The lowest BCUT2D eigenvalue weighted by atomic mass is 9.49. The second-order valence-electron chi connectivity index (χ2n) is 11.2. The Morgan fingerprint density at radius 2 is 1.73 bits per heavy atom. The maximum Gasteiger partial charge on any atom is 0.341 e. The Kier molecular flexibility index (Phi) is 5.36. The molecule has 174 valence electrons. The molecular weight excluding hydrogens is 430 g/mol. The average molecular weight is 464 g/mol. The van der Waals surface area contributed by atoms with Crippen LogP contribution >= 0.6 is 11.3 Å². The number of hydrogen-bond acceptors (Lipinski definition) is 4. The van der Waals surface area contributed by atoms with Gasteiger partial charge in [-0.2, -0.15) is 0 Å². The number of ether oxygens (including phenoxy) is 1. The minimum Gasteiger partial charge on any atom is -0.465 e. The monoisotopic (exact) mass is 463 g/mol. The number of rotatable bonds is 5. The van der Waals surface area contributed by atoms with Crippen molar-refractivity contribution in [3.63, 3.8) is 0 Å². The van der Waals surface area contributed by atoms with E-state index in [4.69, 9.17) is 4.74 Å². The molecule has 0 radical (unpaired) electrons. The van der Waals surface area contributed by atoms with Gasteiger partial charge in [0.15, 0.2) is 0 Å². The predicted octanol–water partition coefficient (Wildman–Crippen LogP) is 6.35. The minimum absolute atomic E-state index is 0.0836. The van der Waals surface area contributed by atoms with E-state index in [1.54, 1.807) is 11.3 Å². The van der Waals surface area contributed by atoms with Gasteiger partial charge in [0.1, 0.15) is 5.00 Å². The van der Waals surface area contributed by atoms with Crippen molar-refractivity contribution in [3.8, 4) is 0 Å². The first-order valence-electron chi connectivity index (χ1n) is 12.6. The van der Waals surface area contributed by atoms with Gasteiger partial charge in [-0.1, -0.05) is 30.3 Å². The number of fused-ring (bicyclic) bond motifs is 1. The molecule has 2 aromatic rings. The van der Waals surface area contributed by atoms with Gasteiger partial charge in [0.2, 0.25) is 5.91 Å². The van der Waals surface area contributed by atoms with Crippen LogP contribution in [-0.2, 0) is 22.4 Å². The summed E-state index contributed by atoms with van der Waals surface area (Å²) in [4.78, 5) is 27.3. The Hall–Kier alpha value is -2.14. The van der Waals surface area contributed by atoms with Gasteiger partial charge >= 0.3 is 5.97 Å². The molecule has 7 rings (SSSR count). The van der Waals surface area contributed by atoms with Crippen LogP contribution in [-0.4, -0.2) is 19.0 Å². The molecule has 1 heterocycles. The molecular formula is C28H33NO3S. The van der Waals surface area contributed by atoms with E-state index in [-0.39, 0.29) is 17.3 Å². The molecule has 4 fully saturated rings. The maximum absolute atomic E-state index is 13.3. The quantitative estimate of drug-likeness (QED) is 0.526. The summed E-state index contributed by atoms with van der Waals surface area (Å²) in [5.74, 6) is 2.71. The van der Waals surface area contributed by atoms with Crippen LogP contribution in [0, 0.1) is 23.2 Å². The zero-order valence-electron chi connectivity index (χ0n) is 19.4. The first kappa shape index (κ1) is 21.4. The number of esters is 1. The van der Waals surface area contributed by atoms with E-state index in [1.807, 2.05) is 0 Å². The predicted molar refractivity (Wildman–Crippen MR) is 131 cm³/mol. The number of thiophene rings is 1. The van der Waals surface area contributed by atoms with E-state index in [0.29, 0.717) is 22.9 Å². The van der Waals surface area contributed by atoms with Crippen molar-refractivity contribution >= 4 is 28.2 Å². The number of nitrogens with one attached hydrogen (secondary N) is 1. The summed E-state index contributed by atoms with van der Waals surface area (Å²) in [5, 5.41) is 3.90. The van der Waals surface area contributed by atoms with Gasteiger partial charge in [0.25, 0.3) is 0 Å². The topological polar surface area (TPSA) is 55.4 Å². The summed E-state index contributed by atoms with van der Waals surface area (Å²) in [7, 11) is 1.43. The summed E-state index contributed by atoms with van der Waals surface area (Å²) < 4.78 is 5.14. The molecule has 1 atom stereocenters. The van der Waals surface area contributed by atoms with Crippen LogP contribution in [0.5, 0.6) is 0 Å². The molecule has 4 nitrogen and oxygen atoms in total. The van der Waals surface area contributed by atoms with Crippen LogP contribution in [0.4, 0.5) is 5.00 Å². The molecule has 0 aliphatic heterocycles. The Balaban J connectivity index is 1.23. The standard InChI is InChI=1S/C28H33NO3S/c1-32-27(31)25-22-8-7-21(20-5-3-2-4-6-20)12-23(22)33-26(25)29-24(30)16-28-13-17-9-18(14-28)11-19(10-17)15-28/h2-6,17-19,21H,7-16H2,1H3,(H,29,30)/t17?,18?,19?,21-,28?/m1/s1. The van der Waals surface area contributed by atoms with Crippen molar-refractivity contribution in [1.82, 2.24) is 0 Å². The molecule has 5 aliphatic rings. The fourth-order valence-corrected chi connectivity index (χ4v) is 9.35. The molecule has 1 N–H and O–H groups in total. The van der Waals surface area contributed by atoms with Gasteiger partial charge in [-0.25, -0.2) is 4.79 Å². The van der Waals surface area contributed by atoms with E-state index in [0.717, 1.165) is 42.6 Å². The lowest BCUT2D eigenvalue weighted by Gasteiger charge is -2.56. The van der Waals surface area contributed by atoms with Crippen LogP contribution in [0.3, 0.4) is 0 Å². The highest BCUT2D eigenvalue weighted by Crippen LogP contribution is 2.61. The third-order valence-electron chi connectivity index (χ3n) is 8.88. The molecule has 1 aromatic carbocycles. The zero-order valence-corrected chi connectivity index (χ0v) is 20.2. The number of hydrogen-bond donors (Lipinski definition) is 1. The molecule has 4 bridgehead atoms. The van der Waals surface area contributed by atoms with Gasteiger partial charge in [-0.05, 0) is 98.0 Å². The highest BCUT2D eigenvalue weighted by molar-refractivity contribution is 7.17. The molecule has 0 saturated heterocycles. The molecule has 0 spiro atoms. The number of carbonyl (C=O) groups is 2. The van der Waals surface area contributed by atoms with Gasteiger partial charge in [0.05, 0.1) is 12.7 Å². The van der Waals surface area contributed by atoms with E-state index < -0.39 is 0 Å². The highest BCUT2D eigenvalue weighted by Gasteiger charge is 2.51. The zero-order chi connectivity index (χ0) is 22.6. The van der Waals surface area contributed by atoms with Crippen molar-refractivity contribution in [3.05, 3.63) is 51.9 Å². The van der Waals surface area contributed by atoms with Crippen molar-refractivity contribution in [1.29, 1.82) is 0 Å². The van der Waals surface area contributed by atoms with Crippen LogP contribution in [0.25, 0.3) is 0 Å². The SMILES string of the molecule is COC(=O)c1c(NC(=O)CC23CC4CC(CC(C4)C2)C3)sc2c1CC[C@@H](c1ccccc1)C2. The van der Waals surface area contributed by atoms with Crippen LogP contribution in [0.2, 0.25) is 0 Å². The molecule has 1 amide bonds. The Bertz CT molecular complexity index is 1040. The normalized spacial score (nSPS) is 31.8. The lowest BCUT2D eigenvalue weighted by molar-refractivity contribution is -0.124. The fraction of sp³-hybridized carbons (Fsp3) is 0.571. The van der Waals surface area contributed by atoms with E-state index >= 15 is 0 Å². The largest absolute Gasteiger partial charge is 0.465 e. The van der Waals surface area contributed by atoms with Crippen molar-refractivity contribution in [2.75, 3.05) is 12.4 Å². The Morgan fingerprint density at radius 1 is 1.06 bits per heavy atom. The first-order chi connectivity index (χ1) is 16.0. The van der Waals surface area contributed by atoms with Gasteiger partial charge < -0.3 is 10.1 Å². The van der Waals surface area contributed by atoms with Crippen LogP contribution < -0.4 is 5.32 Å². The third kappa shape index (κ3) is 3.92. The first-order valence-corrected chi connectivity index (χ1v) is 13.4. The lowest BCUT2D eigenvalue weighted by Crippen LogP contribution is -2.47. The number of anilines is 1. The van der Waals surface area contributed by atoms with Gasteiger partial charge in [0, 0.05) is 11.3 Å². The number of amides is 1. The van der Waals surface area contributed by atoms with Gasteiger partial charge in [-0.15, -0.1) is 11.3 Å². The van der Waals surface area contributed by atoms with Crippen molar-refractivity contribution in [2.45, 2.75) is 70.1 Å². The number of carbonyl (C=O) groups excluding carboxylic acids is 2.